The lowest BCUT2D eigenvalue weighted by Gasteiger charge is -2.50. The SMILES string of the molecule is CC.CC.CC.CC.CCCOC1CCC(C2(C3CCC(OCCC)CC3)c3ccccc3-c3ccccc32)CC1. The molecule has 0 unspecified atom stereocenters. The van der Waals surface area contributed by atoms with Crippen LogP contribution in [-0.2, 0) is 14.9 Å². The van der Waals surface area contributed by atoms with Gasteiger partial charge in [0, 0.05) is 18.6 Å². The monoisotopic (exact) mass is 567 g/mol. The third-order valence-electron chi connectivity index (χ3n) is 8.79. The average molecular weight is 567 g/mol. The Morgan fingerprint density at radius 3 is 1.15 bits per heavy atom. The molecule has 0 amide bonds. The molecule has 3 aliphatic carbocycles. The molecule has 5 rings (SSSR count). The highest BCUT2D eigenvalue weighted by molar-refractivity contribution is 5.81. The molecule has 0 saturated heterocycles. The molecule has 0 heterocycles. The Hall–Kier alpha value is -1.64. The topological polar surface area (TPSA) is 18.5 Å². The molecule has 0 aliphatic heterocycles. The van der Waals surface area contributed by atoms with E-state index in [2.05, 4.69) is 62.4 Å². The Kier molecular flexibility index (Phi) is 19.3. The molecule has 3 aliphatic rings. The van der Waals surface area contributed by atoms with Gasteiger partial charge < -0.3 is 9.47 Å². The van der Waals surface area contributed by atoms with Crippen LogP contribution in [-0.4, -0.2) is 25.4 Å². The van der Waals surface area contributed by atoms with E-state index in [1.165, 1.54) is 62.5 Å². The third-order valence-corrected chi connectivity index (χ3v) is 8.79. The van der Waals surface area contributed by atoms with Gasteiger partial charge in [0.1, 0.15) is 0 Å². The lowest BCUT2D eigenvalue weighted by Crippen LogP contribution is -2.46. The Morgan fingerprint density at radius 1 is 0.512 bits per heavy atom. The summed E-state index contributed by atoms with van der Waals surface area (Å²) in [5.74, 6) is 1.39. The van der Waals surface area contributed by atoms with Gasteiger partial charge in [-0.1, -0.05) is 118 Å². The molecule has 2 aromatic carbocycles. The Morgan fingerprint density at radius 2 is 0.829 bits per heavy atom. The van der Waals surface area contributed by atoms with Crippen LogP contribution < -0.4 is 0 Å². The Balaban J connectivity index is 0.000000969. The first-order valence-corrected chi connectivity index (χ1v) is 17.7. The van der Waals surface area contributed by atoms with Gasteiger partial charge in [0.15, 0.2) is 0 Å². The minimum absolute atomic E-state index is 0.151. The maximum absolute atomic E-state index is 6.20. The molecule has 2 nitrogen and oxygen atoms in total. The zero-order valence-corrected chi connectivity index (χ0v) is 28.7. The van der Waals surface area contributed by atoms with Gasteiger partial charge in [-0.25, -0.2) is 0 Å². The summed E-state index contributed by atoms with van der Waals surface area (Å²) in [4.78, 5) is 0. The predicted molar refractivity (Wildman–Crippen MR) is 182 cm³/mol. The molecular weight excluding hydrogens is 500 g/mol. The number of benzene rings is 2. The number of hydrogen-bond acceptors (Lipinski definition) is 2. The van der Waals surface area contributed by atoms with E-state index in [1.54, 1.807) is 11.1 Å². The summed E-state index contributed by atoms with van der Waals surface area (Å²) in [6.07, 6.45) is 13.1. The summed E-state index contributed by atoms with van der Waals surface area (Å²) in [6.45, 7) is 22.3. The van der Waals surface area contributed by atoms with Crippen molar-refractivity contribution in [1.29, 1.82) is 0 Å². The van der Waals surface area contributed by atoms with Crippen molar-refractivity contribution in [2.45, 2.75) is 151 Å². The van der Waals surface area contributed by atoms with Crippen molar-refractivity contribution in [3.05, 3.63) is 59.7 Å². The highest BCUT2D eigenvalue weighted by Gasteiger charge is 2.54. The van der Waals surface area contributed by atoms with E-state index in [-0.39, 0.29) is 5.41 Å². The van der Waals surface area contributed by atoms with Gasteiger partial charge in [0.2, 0.25) is 0 Å². The first-order chi connectivity index (χ1) is 20.3. The van der Waals surface area contributed by atoms with E-state index in [0.717, 1.165) is 26.1 Å². The van der Waals surface area contributed by atoms with Gasteiger partial charge in [-0.3, -0.25) is 0 Å². The normalized spacial score (nSPS) is 23.4. The van der Waals surface area contributed by atoms with E-state index in [1.807, 2.05) is 55.4 Å². The Bertz CT molecular complexity index is 828. The molecule has 2 aromatic rings. The first-order valence-electron chi connectivity index (χ1n) is 17.7. The van der Waals surface area contributed by atoms with Crippen LogP contribution in [0.15, 0.2) is 48.5 Å². The van der Waals surface area contributed by atoms with Crippen LogP contribution in [0.3, 0.4) is 0 Å². The summed E-state index contributed by atoms with van der Waals surface area (Å²) >= 11 is 0. The van der Waals surface area contributed by atoms with E-state index >= 15 is 0 Å². The smallest absolute Gasteiger partial charge is 0.0575 e. The van der Waals surface area contributed by atoms with Gasteiger partial charge in [0.25, 0.3) is 0 Å². The zero-order valence-electron chi connectivity index (χ0n) is 28.7. The molecule has 41 heavy (non-hydrogen) atoms. The van der Waals surface area contributed by atoms with Gasteiger partial charge in [-0.05, 0) is 98.3 Å². The first kappa shape index (κ1) is 37.4. The van der Waals surface area contributed by atoms with Gasteiger partial charge in [-0.15, -0.1) is 0 Å². The second kappa shape index (κ2) is 21.1. The highest BCUT2D eigenvalue weighted by atomic mass is 16.5. The molecular formula is C39H66O2. The van der Waals surface area contributed by atoms with Gasteiger partial charge in [0.05, 0.1) is 12.2 Å². The fourth-order valence-corrected chi connectivity index (χ4v) is 7.45. The second-order valence-electron chi connectivity index (χ2n) is 10.6. The van der Waals surface area contributed by atoms with Crippen molar-refractivity contribution >= 4 is 0 Å². The molecule has 2 saturated carbocycles. The lowest BCUT2D eigenvalue weighted by molar-refractivity contribution is -0.0124. The van der Waals surface area contributed by atoms with E-state index in [9.17, 15) is 0 Å². The largest absolute Gasteiger partial charge is 0.378 e. The van der Waals surface area contributed by atoms with Crippen LogP contribution in [0.2, 0.25) is 0 Å². The summed E-state index contributed by atoms with van der Waals surface area (Å²) in [5, 5.41) is 0. The Labute approximate surface area is 256 Å². The molecule has 0 atom stereocenters. The van der Waals surface area contributed by atoms with Crippen LogP contribution in [0.5, 0.6) is 0 Å². The third kappa shape index (κ3) is 8.70. The van der Waals surface area contributed by atoms with Gasteiger partial charge in [-0.2, -0.15) is 0 Å². The summed E-state index contributed by atoms with van der Waals surface area (Å²) in [5.41, 5.74) is 6.35. The maximum atomic E-state index is 6.20. The molecule has 0 bridgehead atoms. The molecule has 2 heteroatoms. The van der Waals surface area contributed by atoms with Gasteiger partial charge >= 0.3 is 0 Å². The fourth-order valence-electron chi connectivity index (χ4n) is 7.45. The highest BCUT2D eigenvalue weighted by Crippen LogP contribution is 2.61. The quantitative estimate of drug-likeness (QED) is 0.316. The minimum atomic E-state index is 0.151. The van der Waals surface area contributed by atoms with Crippen LogP contribution in [0.1, 0.15) is 145 Å². The van der Waals surface area contributed by atoms with E-state index in [0.29, 0.717) is 24.0 Å². The van der Waals surface area contributed by atoms with Crippen LogP contribution in [0.25, 0.3) is 11.1 Å². The van der Waals surface area contributed by atoms with E-state index in [4.69, 9.17) is 9.47 Å². The molecule has 0 N–H and O–H groups in total. The van der Waals surface area contributed by atoms with E-state index < -0.39 is 0 Å². The average Bonchev–Trinajstić information content (AvgIpc) is 3.38. The fraction of sp³-hybridized carbons (Fsp3) is 0.692. The zero-order chi connectivity index (χ0) is 30.7. The van der Waals surface area contributed by atoms with Crippen molar-refractivity contribution < 1.29 is 9.47 Å². The summed E-state index contributed by atoms with van der Waals surface area (Å²) in [7, 11) is 0. The van der Waals surface area contributed by atoms with Crippen molar-refractivity contribution in [1.82, 2.24) is 0 Å². The van der Waals surface area contributed by atoms with Crippen molar-refractivity contribution in [3.8, 4) is 11.1 Å². The number of ether oxygens (including phenoxy) is 2. The standard InChI is InChI=1S/C31H42O2.4C2H6/c1-3-21-32-25-17-13-23(14-18-25)31(24-15-19-26(20-16-24)33-22-4-2)29-11-7-5-9-27(29)28-10-6-8-12-30(28)31;4*1-2/h5-12,23-26H,3-4,13-22H2,1-2H3;4*1-2H3. The van der Waals surface area contributed by atoms with Crippen LogP contribution >= 0.6 is 0 Å². The molecule has 2 fully saturated rings. The molecule has 0 spiro atoms. The summed E-state index contributed by atoms with van der Waals surface area (Å²) < 4.78 is 12.4. The number of fused-ring (bicyclic) bond motifs is 3. The number of hydrogen-bond donors (Lipinski definition) is 0. The molecule has 0 radical (unpaired) electrons. The van der Waals surface area contributed by atoms with Crippen molar-refractivity contribution in [2.75, 3.05) is 13.2 Å². The maximum Gasteiger partial charge on any atom is 0.0575 e. The summed E-state index contributed by atoms with van der Waals surface area (Å²) in [6, 6.07) is 18.7. The minimum Gasteiger partial charge on any atom is -0.378 e. The van der Waals surface area contributed by atoms with Crippen molar-refractivity contribution in [2.24, 2.45) is 11.8 Å². The number of rotatable bonds is 8. The van der Waals surface area contributed by atoms with Crippen LogP contribution in [0.4, 0.5) is 0 Å². The molecule has 234 valence electrons. The lowest BCUT2D eigenvalue weighted by atomic mass is 9.54. The predicted octanol–water partition coefficient (Wildman–Crippen LogP) is 12.0. The van der Waals surface area contributed by atoms with Crippen molar-refractivity contribution in [3.63, 3.8) is 0 Å². The second-order valence-corrected chi connectivity index (χ2v) is 10.6. The molecule has 0 aromatic heterocycles. The van der Waals surface area contributed by atoms with Crippen LogP contribution in [0, 0.1) is 11.8 Å².